The van der Waals surface area contributed by atoms with Gasteiger partial charge in [0, 0.05) is 29.3 Å². The number of hydrogen-bond acceptors (Lipinski definition) is 11. The highest BCUT2D eigenvalue weighted by Crippen LogP contribution is 2.53. The standard InChI is InChI=1S/C28H17F5N8O2S/c1-42-27-39-21-18-22(43-5-4-41(26(18)40-27)10-12-6-11(7-34)9-38-24(12)36)19(28(31,32)33)17(20(21)30)13-2-3-15(29)23-16(13)14(8-35)25(37)44-23/h2-3,6,9H,4-5,10,37H2,1H3,(H2,36,38). The van der Waals surface area contributed by atoms with Crippen LogP contribution in [-0.4, -0.2) is 35.2 Å². The minimum atomic E-state index is -5.21. The Morgan fingerprint density at radius 2 is 1.91 bits per heavy atom. The van der Waals surface area contributed by atoms with Crippen LogP contribution in [0.2, 0.25) is 0 Å². The Balaban J connectivity index is 1.72. The number of thiophene rings is 1. The smallest absolute Gasteiger partial charge is 0.420 e. The monoisotopic (exact) mass is 624 g/mol. The number of ether oxygens (including phenoxy) is 2. The minimum Gasteiger partial charge on any atom is -0.490 e. The molecule has 3 aromatic heterocycles. The van der Waals surface area contributed by atoms with Gasteiger partial charge in [-0.2, -0.15) is 33.7 Å². The van der Waals surface area contributed by atoms with Crippen molar-refractivity contribution < 1.29 is 31.4 Å². The van der Waals surface area contributed by atoms with Crippen molar-refractivity contribution in [3.05, 3.63) is 58.3 Å². The van der Waals surface area contributed by atoms with Gasteiger partial charge >= 0.3 is 12.2 Å². The van der Waals surface area contributed by atoms with E-state index in [2.05, 4.69) is 15.0 Å². The third-order valence-corrected chi connectivity index (χ3v) is 8.09. The number of nitrogen functional groups attached to an aromatic ring is 2. The number of benzene rings is 2. The molecule has 4 N–H and O–H groups in total. The van der Waals surface area contributed by atoms with Crippen LogP contribution in [0.1, 0.15) is 22.3 Å². The number of nitriles is 2. The first-order valence-electron chi connectivity index (χ1n) is 12.6. The average molecular weight is 625 g/mol. The third-order valence-electron chi connectivity index (χ3n) is 7.07. The molecule has 16 heteroatoms. The highest BCUT2D eigenvalue weighted by atomic mass is 32.1. The molecule has 0 spiro atoms. The van der Waals surface area contributed by atoms with Crippen molar-refractivity contribution in [2.45, 2.75) is 12.7 Å². The predicted octanol–water partition coefficient (Wildman–Crippen LogP) is 5.52. The molecule has 44 heavy (non-hydrogen) atoms. The molecule has 4 heterocycles. The van der Waals surface area contributed by atoms with E-state index in [1.54, 1.807) is 6.07 Å². The molecule has 0 saturated heterocycles. The Kier molecular flexibility index (Phi) is 6.74. The number of alkyl halides is 3. The quantitative estimate of drug-likeness (QED) is 0.244. The molecule has 1 aliphatic heterocycles. The second kappa shape index (κ2) is 10.4. The van der Waals surface area contributed by atoms with Crippen LogP contribution in [0.5, 0.6) is 11.8 Å². The maximum atomic E-state index is 16.7. The fraction of sp³-hybridized carbons (Fsp3) is 0.179. The summed E-state index contributed by atoms with van der Waals surface area (Å²) in [6, 6.07) is 6.66. The van der Waals surface area contributed by atoms with Gasteiger partial charge in [0.05, 0.1) is 34.9 Å². The lowest BCUT2D eigenvalue weighted by Crippen LogP contribution is -2.28. The number of pyridine rings is 1. The van der Waals surface area contributed by atoms with E-state index < -0.39 is 51.2 Å². The predicted molar refractivity (Wildman–Crippen MR) is 151 cm³/mol. The maximum Gasteiger partial charge on any atom is 0.420 e. The van der Waals surface area contributed by atoms with Crippen molar-refractivity contribution >= 4 is 49.0 Å². The number of aromatic nitrogens is 3. The van der Waals surface area contributed by atoms with Gasteiger partial charge in [-0.25, -0.2) is 13.8 Å². The second-order valence-corrected chi connectivity index (χ2v) is 10.6. The van der Waals surface area contributed by atoms with Crippen LogP contribution in [0.4, 0.5) is 38.6 Å². The summed E-state index contributed by atoms with van der Waals surface area (Å²) in [5.74, 6) is -3.13. The molecule has 0 unspecified atom stereocenters. The van der Waals surface area contributed by atoms with Crippen LogP contribution >= 0.6 is 11.3 Å². The summed E-state index contributed by atoms with van der Waals surface area (Å²) in [5.41, 5.74) is 8.66. The summed E-state index contributed by atoms with van der Waals surface area (Å²) < 4.78 is 87.3. The molecular formula is C28H17F5N8O2S. The number of nitrogens with two attached hydrogens (primary N) is 2. The molecule has 222 valence electrons. The second-order valence-electron chi connectivity index (χ2n) is 9.55. The molecule has 2 aromatic carbocycles. The van der Waals surface area contributed by atoms with E-state index in [0.717, 1.165) is 12.1 Å². The van der Waals surface area contributed by atoms with Crippen LogP contribution in [0.25, 0.3) is 32.1 Å². The van der Waals surface area contributed by atoms with E-state index in [1.165, 1.54) is 24.3 Å². The van der Waals surface area contributed by atoms with Crippen LogP contribution in [-0.2, 0) is 12.7 Å². The first-order valence-corrected chi connectivity index (χ1v) is 13.4. The molecule has 0 fully saturated rings. The van der Waals surface area contributed by atoms with Crippen LogP contribution in [0.3, 0.4) is 0 Å². The summed E-state index contributed by atoms with van der Waals surface area (Å²) in [6.07, 6.45) is -3.94. The average Bonchev–Trinajstić information content (AvgIpc) is 3.24. The lowest BCUT2D eigenvalue weighted by atomic mass is 9.91. The molecule has 6 rings (SSSR count). The third kappa shape index (κ3) is 4.38. The first-order chi connectivity index (χ1) is 21.0. The molecule has 0 radical (unpaired) electrons. The van der Waals surface area contributed by atoms with Crippen LogP contribution in [0, 0.1) is 34.3 Å². The van der Waals surface area contributed by atoms with Gasteiger partial charge in [0.15, 0.2) is 5.82 Å². The Labute approximate surface area is 248 Å². The van der Waals surface area contributed by atoms with Gasteiger partial charge in [0.1, 0.15) is 58.0 Å². The Hall–Kier alpha value is -5.48. The SMILES string of the molecule is COc1nc2c3c(c(C(F)(F)F)c(-c4ccc(F)c5sc(N)c(C#N)c45)c(F)c3n1)OCCN2Cc1cc(C#N)cnc1N. The molecule has 0 aliphatic carbocycles. The van der Waals surface area contributed by atoms with E-state index in [0.29, 0.717) is 16.9 Å². The molecule has 0 saturated carbocycles. The van der Waals surface area contributed by atoms with Gasteiger partial charge in [-0.3, -0.25) is 0 Å². The fourth-order valence-corrected chi connectivity index (χ4v) is 6.14. The Morgan fingerprint density at radius 3 is 2.59 bits per heavy atom. The number of nitrogens with zero attached hydrogens (tertiary/aromatic N) is 6. The molecule has 5 aromatic rings. The fourth-order valence-electron chi connectivity index (χ4n) is 5.19. The molecule has 0 amide bonds. The minimum absolute atomic E-state index is 0.0468. The lowest BCUT2D eigenvalue weighted by Gasteiger charge is -2.24. The number of hydrogen-bond donors (Lipinski definition) is 2. The molecule has 0 atom stereocenters. The largest absolute Gasteiger partial charge is 0.490 e. The number of methoxy groups -OCH3 is 1. The Bertz CT molecular complexity index is 2100. The van der Waals surface area contributed by atoms with Gasteiger partial charge in [0.2, 0.25) is 0 Å². The van der Waals surface area contributed by atoms with E-state index in [4.69, 9.17) is 20.9 Å². The van der Waals surface area contributed by atoms with E-state index in [1.807, 2.05) is 6.07 Å². The number of rotatable bonds is 4. The molecule has 0 bridgehead atoms. The number of halogens is 5. The molecular weight excluding hydrogens is 607 g/mol. The highest BCUT2D eigenvalue weighted by Gasteiger charge is 2.43. The normalized spacial score (nSPS) is 13.0. The van der Waals surface area contributed by atoms with E-state index in [-0.39, 0.29) is 63.6 Å². The van der Waals surface area contributed by atoms with Crippen molar-refractivity contribution in [3.8, 4) is 35.0 Å². The first kappa shape index (κ1) is 28.6. The highest BCUT2D eigenvalue weighted by molar-refractivity contribution is 7.23. The van der Waals surface area contributed by atoms with Gasteiger partial charge < -0.3 is 25.8 Å². The van der Waals surface area contributed by atoms with E-state index >= 15 is 17.6 Å². The summed E-state index contributed by atoms with van der Waals surface area (Å²) >= 11 is 0.657. The van der Waals surface area contributed by atoms with Gasteiger partial charge in [-0.1, -0.05) is 6.07 Å². The molecule has 1 aliphatic rings. The van der Waals surface area contributed by atoms with Crippen molar-refractivity contribution in [1.82, 2.24) is 15.0 Å². The van der Waals surface area contributed by atoms with E-state index in [9.17, 15) is 14.9 Å². The van der Waals surface area contributed by atoms with Crippen molar-refractivity contribution in [2.24, 2.45) is 0 Å². The molecule has 10 nitrogen and oxygen atoms in total. The van der Waals surface area contributed by atoms with Crippen LogP contribution in [0.15, 0.2) is 24.4 Å². The zero-order chi connectivity index (χ0) is 31.5. The summed E-state index contributed by atoms with van der Waals surface area (Å²) in [6.45, 7) is -0.453. The summed E-state index contributed by atoms with van der Waals surface area (Å²) in [4.78, 5) is 13.8. The van der Waals surface area contributed by atoms with Crippen LogP contribution < -0.4 is 25.8 Å². The lowest BCUT2D eigenvalue weighted by molar-refractivity contribution is -0.138. The Morgan fingerprint density at radius 1 is 1.14 bits per heavy atom. The number of anilines is 3. The van der Waals surface area contributed by atoms with Crippen molar-refractivity contribution in [2.75, 3.05) is 36.6 Å². The van der Waals surface area contributed by atoms with Gasteiger partial charge in [-0.15, -0.1) is 11.3 Å². The van der Waals surface area contributed by atoms with Crippen molar-refractivity contribution in [3.63, 3.8) is 0 Å². The zero-order valence-electron chi connectivity index (χ0n) is 22.4. The summed E-state index contributed by atoms with van der Waals surface area (Å²) in [5, 5.41) is 18.2. The van der Waals surface area contributed by atoms with Gasteiger partial charge in [0.25, 0.3) is 0 Å². The topological polar surface area (TPSA) is 160 Å². The maximum absolute atomic E-state index is 16.7. The van der Waals surface area contributed by atoms with Crippen molar-refractivity contribution in [1.29, 1.82) is 10.5 Å². The summed E-state index contributed by atoms with van der Waals surface area (Å²) in [7, 11) is 1.20. The van der Waals surface area contributed by atoms with Gasteiger partial charge in [-0.05, 0) is 17.7 Å². The zero-order valence-corrected chi connectivity index (χ0v) is 23.2. The number of fused-ring (bicyclic) bond motifs is 1.